The molecule has 0 bridgehead atoms. The maximum absolute atomic E-state index is 2.94. The van der Waals surface area contributed by atoms with E-state index in [1.54, 1.807) is 0 Å². The van der Waals surface area contributed by atoms with E-state index in [4.69, 9.17) is 0 Å². The summed E-state index contributed by atoms with van der Waals surface area (Å²) < 4.78 is 0. The number of hydrogen-bond donors (Lipinski definition) is 0. The van der Waals surface area contributed by atoms with Gasteiger partial charge >= 0.3 is 0 Å². The Morgan fingerprint density at radius 1 is 1.20 bits per heavy atom. The van der Waals surface area contributed by atoms with Gasteiger partial charge in [0.15, 0.2) is 0 Å². The molecule has 0 saturated carbocycles. The van der Waals surface area contributed by atoms with Crippen LogP contribution in [0.2, 0.25) is 0 Å². The molecule has 0 aromatic carbocycles. The molecule has 0 rings (SSSR count). The third-order valence-corrected chi connectivity index (χ3v) is 3.17. The van der Waals surface area contributed by atoms with Crippen LogP contribution in [-0.2, 0) is 0 Å². The largest absolute Gasteiger partial charge is 0.134 e. The van der Waals surface area contributed by atoms with Gasteiger partial charge in [0.25, 0.3) is 0 Å². The average Bonchev–Trinajstić information content (AvgIpc) is 1.85. The Labute approximate surface area is 68.0 Å². The van der Waals surface area contributed by atoms with Crippen molar-refractivity contribution in [1.29, 1.82) is 0 Å². The summed E-state index contributed by atoms with van der Waals surface area (Å²) in [6.45, 7) is 9.20. The summed E-state index contributed by atoms with van der Waals surface area (Å²) in [7, 11) is 2.94. The zero-order valence-corrected chi connectivity index (χ0v) is 8.88. The summed E-state index contributed by atoms with van der Waals surface area (Å²) in [5.74, 6) is 1.72. The van der Waals surface area contributed by atoms with Crippen LogP contribution in [0.4, 0.5) is 0 Å². The van der Waals surface area contributed by atoms with Gasteiger partial charge in [0.2, 0.25) is 0 Å². The second-order valence-corrected chi connectivity index (χ2v) is 4.54. The van der Waals surface area contributed by atoms with Gasteiger partial charge in [0, 0.05) is 0 Å². The minimum Gasteiger partial charge on any atom is -0.134 e. The van der Waals surface area contributed by atoms with Crippen molar-refractivity contribution in [1.82, 2.24) is 0 Å². The minimum atomic E-state index is 0.822. The van der Waals surface area contributed by atoms with Crippen LogP contribution in [0, 0.1) is 11.8 Å². The lowest BCUT2D eigenvalue weighted by atomic mass is 9.94. The van der Waals surface area contributed by atoms with Crippen molar-refractivity contribution >= 4 is 9.24 Å². The normalized spacial score (nSPS) is 17.4. The van der Waals surface area contributed by atoms with Crippen LogP contribution in [0.25, 0.3) is 0 Å². The smallest absolute Gasteiger partial charge is 0.0241 e. The van der Waals surface area contributed by atoms with Crippen LogP contribution in [-0.4, -0.2) is 5.66 Å². The van der Waals surface area contributed by atoms with Crippen LogP contribution < -0.4 is 0 Å². The lowest BCUT2D eigenvalue weighted by Gasteiger charge is -2.19. The molecule has 0 nitrogen and oxygen atoms in total. The molecule has 3 atom stereocenters. The molecule has 0 aliphatic heterocycles. The molecular formula is C9H21P. The summed E-state index contributed by atoms with van der Waals surface area (Å²) in [5.41, 5.74) is 0.822. The van der Waals surface area contributed by atoms with E-state index in [0.717, 1.165) is 17.5 Å². The highest BCUT2D eigenvalue weighted by Crippen LogP contribution is 2.22. The van der Waals surface area contributed by atoms with E-state index in [0.29, 0.717) is 0 Å². The Hall–Kier alpha value is 0.430. The van der Waals surface area contributed by atoms with E-state index in [1.165, 1.54) is 12.8 Å². The van der Waals surface area contributed by atoms with Crippen LogP contribution in [0.5, 0.6) is 0 Å². The van der Waals surface area contributed by atoms with Crippen molar-refractivity contribution < 1.29 is 0 Å². The van der Waals surface area contributed by atoms with Crippen LogP contribution in [0.1, 0.15) is 40.5 Å². The molecule has 0 saturated heterocycles. The van der Waals surface area contributed by atoms with Gasteiger partial charge in [-0.25, -0.2) is 0 Å². The Kier molecular flexibility index (Phi) is 5.35. The first kappa shape index (κ1) is 10.4. The topological polar surface area (TPSA) is 0 Å². The van der Waals surface area contributed by atoms with Crippen molar-refractivity contribution in [3.8, 4) is 0 Å². The highest BCUT2D eigenvalue weighted by molar-refractivity contribution is 7.17. The van der Waals surface area contributed by atoms with Crippen molar-refractivity contribution in [2.24, 2.45) is 11.8 Å². The monoisotopic (exact) mass is 160 g/mol. The summed E-state index contributed by atoms with van der Waals surface area (Å²) >= 11 is 0. The fourth-order valence-electron chi connectivity index (χ4n) is 1.32. The molecule has 0 aromatic rings. The van der Waals surface area contributed by atoms with Gasteiger partial charge in [0.1, 0.15) is 0 Å². The van der Waals surface area contributed by atoms with Crippen molar-refractivity contribution in [3.63, 3.8) is 0 Å². The molecule has 0 fully saturated rings. The molecule has 0 radical (unpaired) electrons. The molecule has 0 amide bonds. The predicted molar refractivity (Wildman–Crippen MR) is 52.4 cm³/mol. The van der Waals surface area contributed by atoms with Gasteiger partial charge in [-0.1, -0.05) is 27.7 Å². The van der Waals surface area contributed by atoms with Gasteiger partial charge in [0.05, 0.1) is 0 Å². The van der Waals surface area contributed by atoms with Gasteiger partial charge < -0.3 is 0 Å². The molecule has 0 N–H and O–H groups in total. The summed E-state index contributed by atoms with van der Waals surface area (Å²) in [6, 6.07) is 0. The van der Waals surface area contributed by atoms with Gasteiger partial charge in [-0.05, 0) is 30.3 Å². The maximum atomic E-state index is 2.94. The third-order valence-electron chi connectivity index (χ3n) is 2.05. The van der Waals surface area contributed by atoms with E-state index in [2.05, 4.69) is 36.9 Å². The zero-order valence-electron chi connectivity index (χ0n) is 7.72. The van der Waals surface area contributed by atoms with Crippen LogP contribution in [0.3, 0.4) is 0 Å². The molecule has 10 heavy (non-hydrogen) atoms. The summed E-state index contributed by atoms with van der Waals surface area (Å²) in [4.78, 5) is 0. The minimum absolute atomic E-state index is 0.822. The van der Waals surface area contributed by atoms with Gasteiger partial charge in [-0.15, -0.1) is 9.24 Å². The van der Waals surface area contributed by atoms with Crippen molar-refractivity contribution in [2.45, 2.75) is 46.2 Å². The lowest BCUT2D eigenvalue weighted by molar-refractivity contribution is 0.421. The molecule has 0 aromatic heterocycles. The molecule has 62 valence electrons. The highest BCUT2D eigenvalue weighted by atomic mass is 31.0. The number of hydrogen-bond acceptors (Lipinski definition) is 0. The average molecular weight is 160 g/mol. The Bertz CT molecular complexity index is 78.8. The van der Waals surface area contributed by atoms with Crippen LogP contribution in [0.15, 0.2) is 0 Å². The van der Waals surface area contributed by atoms with Crippen molar-refractivity contribution in [2.75, 3.05) is 0 Å². The van der Waals surface area contributed by atoms with E-state index in [1.807, 2.05) is 0 Å². The molecule has 0 aliphatic carbocycles. The molecule has 0 aliphatic rings. The van der Waals surface area contributed by atoms with E-state index in [9.17, 15) is 0 Å². The second-order valence-electron chi connectivity index (χ2n) is 3.68. The van der Waals surface area contributed by atoms with Crippen molar-refractivity contribution in [3.05, 3.63) is 0 Å². The Balaban J connectivity index is 3.50. The SMILES string of the molecule is CCC(P)C(C)CC(C)C. The zero-order chi connectivity index (χ0) is 8.15. The number of rotatable bonds is 4. The highest BCUT2D eigenvalue weighted by Gasteiger charge is 2.10. The van der Waals surface area contributed by atoms with E-state index < -0.39 is 0 Å². The fourth-order valence-corrected chi connectivity index (χ4v) is 1.48. The standard InChI is InChI=1S/C9H21P/c1-5-9(10)8(4)6-7(2)3/h7-9H,5-6,10H2,1-4H3. The maximum Gasteiger partial charge on any atom is -0.0241 e. The second kappa shape index (κ2) is 5.13. The third kappa shape index (κ3) is 4.28. The molecular weight excluding hydrogens is 139 g/mol. The molecule has 0 heterocycles. The lowest BCUT2D eigenvalue weighted by Crippen LogP contribution is -2.11. The first-order valence-corrected chi connectivity index (χ1v) is 5.00. The molecule has 3 unspecified atom stereocenters. The van der Waals surface area contributed by atoms with Gasteiger partial charge in [-0.3, -0.25) is 0 Å². The van der Waals surface area contributed by atoms with E-state index >= 15 is 0 Å². The summed E-state index contributed by atoms with van der Waals surface area (Å²) in [6.07, 6.45) is 2.65. The molecule has 1 heteroatoms. The first-order valence-electron chi connectivity index (χ1n) is 4.33. The van der Waals surface area contributed by atoms with Crippen LogP contribution >= 0.6 is 9.24 Å². The Morgan fingerprint density at radius 3 is 2.00 bits per heavy atom. The van der Waals surface area contributed by atoms with E-state index in [-0.39, 0.29) is 0 Å². The first-order chi connectivity index (χ1) is 4.57. The summed E-state index contributed by atoms with van der Waals surface area (Å²) in [5, 5.41) is 0. The fraction of sp³-hybridized carbons (Fsp3) is 1.00. The Morgan fingerprint density at radius 2 is 1.70 bits per heavy atom. The quantitative estimate of drug-likeness (QED) is 0.553. The molecule has 0 spiro atoms. The predicted octanol–water partition coefficient (Wildman–Crippen LogP) is 3.32. The van der Waals surface area contributed by atoms with Gasteiger partial charge in [-0.2, -0.15) is 0 Å².